The number of benzene rings is 4. The summed E-state index contributed by atoms with van der Waals surface area (Å²) in [6.45, 7) is 19.3. The van der Waals surface area contributed by atoms with Gasteiger partial charge in [-0.25, -0.2) is 9.59 Å². The van der Waals surface area contributed by atoms with Crippen molar-refractivity contribution in [1.29, 1.82) is 0 Å². The Morgan fingerprint density at radius 3 is 0.761 bits per heavy atom. The van der Waals surface area contributed by atoms with Gasteiger partial charge in [0.15, 0.2) is 0 Å². The molecular formula is C76H104O16. The first-order valence-electron chi connectivity index (χ1n) is 33.7. The van der Waals surface area contributed by atoms with Crippen LogP contribution in [0.3, 0.4) is 0 Å². The average molecular weight is 1270 g/mol. The van der Waals surface area contributed by atoms with Crippen molar-refractivity contribution >= 4 is 35.8 Å². The minimum absolute atomic E-state index is 0.0306. The molecule has 0 fully saturated rings. The smallest absolute Gasteiger partial charge is 0.333 e. The van der Waals surface area contributed by atoms with Gasteiger partial charge in [-0.1, -0.05) is 166 Å². The van der Waals surface area contributed by atoms with Crippen molar-refractivity contribution in [3.63, 3.8) is 0 Å². The van der Waals surface area contributed by atoms with Crippen molar-refractivity contribution in [2.45, 2.75) is 208 Å². The molecule has 0 saturated carbocycles. The van der Waals surface area contributed by atoms with E-state index in [0.29, 0.717) is 48.7 Å². The minimum Gasteiger partial charge on any atom is -0.489 e. The molecule has 5 rings (SSSR count). The Balaban J connectivity index is 1.93. The second-order valence-electron chi connectivity index (χ2n) is 24.1. The predicted molar refractivity (Wildman–Crippen MR) is 357 cm³/mol. The molecule has 4 aromatic carbocycles. The number of esters is 6. The zero-order valence-corrected chi connectivity index (χ0v) is 56.6. The molecule has 0 aliphatic heterocycles. The second-order valence-corrected chi connectivity index (χ2v) is 24.1. The van der Waals surface area contributed by atoms with Crippen LogP contribution >= 0.6 is 0 Å². The second kappa shape index (κ2) is 41.8. The number of rotatable bonds is 42. The molecule has 1 aliphatic rings. The summed E-state index contributed by atoms with van der Waals surface area (Å²) in [5.41, 5.74) is 12.1. The SMILES string of the molecule is C=C(C)C(=O)OCCOc1c2cc(CCCCCC)cc1Cc1cc(CCCCCC)cc(c1OCCOC(=O)C(=C)C)Cc1cc(CCCCCC)cc(c1OCCOC(=O)CC(=O)OC)Cc1cc(CCCCCC)cc(c1OCCOC(=O)CC(=O)OC)C2. The number of aryl methyl sites for hydroxylation is 4. The third-order valence-electron chi connectivity index (χ3n) is 16.1. The van der Waals surface area contributed by atoms with Gasteiger partial charge in [0.25, 0.3) is 0 Å². The van der Waals surface area contributed by atoms with Gasteiger partial charge in [-0.3, -0.25) is 19.2 Å². The third-order valence-corrected chi connectivity index (χ3v) is 16.1. The van der Waals surface area contributed by atoms with E-state index in [1.165, 1.54) is 14.2 Å². The van der Waals surface area contributed by atoms with Crippen molar-refractivity contribution in [3.8, 4) is 23.0 Å². The summed E-state index contributed by atoms with van der Waals surface area (Å²) in [6, 6.07) is 17.8. The Bertz CT molecular complexity index is 2860. The number of carbonyl (C=O) groups excluding carboxylic acids is 6. The Morgan fingerprint density at radius 2 is 0.554 bits per heavy atom. The molecular weight excluding hydrogens is 1170 g/mol. The zero-order valence-electron chi connectivity index (χ0n) is 56.6. The Morgan fingerprint density at radius 1 is 0.326 bits per heavy atom. The lowest BCUT2D eigenvalue weighted by atomic mass is 9.87. The number of ether oxygens (including phenoxy) is 10. The number of fused-ring (bicyclic) bond motifs is 8. The molecule has 0 unspecified atom stereocenters. The highest BCUT2D eigenvalue weighted by Gasteiger charge is 2.26. The first-order chi connectivity index (χ1) is 44.5. The summed E-state index contributed by atoms with van der Waals surface area (Å²) in [4.78, 5) is 75.7. The Hall–Kier alpha value is -7.62. The lowest BCUT2D eigenvalue weighted by molar-refractivity contribution is -0.155. The number of methoxy groups -OCH3 is 2. The van der Waals surface area contributed by atoms with E-state index < -0.39 is 48.7 Å². The molecule has 0 saturated heterocycles. The average Bonchev–Trinajstić information content (AvgIpc) is 0.857. The lowest BCUT2D eigenvalue weighted by Crippen LogP contribution is -2.18. The van der Waals surface area contributed by atoms with Crippen molar-refractivity contribution < 1.29 is 76.1 Å². The monoisotopic (exact) mass is 1270 g/mol. The summed E-state index contributed by atoms with van der Waals surface area (Å²) in [5, 5.41) is 0. The number of carbonyl (C=O) groups is 6. The first kappa shape index (κ1) is 75.1. The van der Waals surface area contributed by atoms with E-state index in [-0.39, 0.29) is 64.0 Å². The van der Waals surface area contributed by atoms with Gasteiger partial charge in [0.05, 0.1) is 14.2 Å². The molecule has 0 spiro atoms. The molecule has 0 aromatic heterocycles. The van der Waals surface area contributed by atoms with E-state index in [9.17, 15) is 28.8 Å². The number of hydrogen-bond donors (Lipinski definition) is 0. The van der Waals surface area contributed by atoms with Crippen LogP contribution in [0.5, 0.6) is 23.0 Å². The highest BCUT2D eigenvalue weighted by Crippen LogP contribution is 2.42. The van der Waals surface area contributed by atoms with Crippen molar-refractivity contribution in [2.24, 2.45) is 0 Å². The molecule has 0 atom stereocenters. The molecule has 1 aliphatic carbocycles. The first-order valence-corrected chi connectivity index (χ1v) is 33.7. The van der Waals surface area contributed by atoms with Crippen LogP contribution in [0, 0.1) is 0 Å². The van der Waals surface area contributed by atoms with Crippen LogP contribution in [0.1, 0.15) is 224 Å². The maximum Gasteiger partial charge on any atom is 0.333 e. The van der Waals surface area contributed by atoms with Gasteiger partial charge < -0.3 is 47.4 Å². The van der Waals surface area contributed by atoms with Crippen LogP contribution in [-0.2, 0) is 109 Å². The molecule has 0 heterocycles. The molecule has 504 valence electrons. The summed E-state index contributed by atoms with van der Waals surface area (Å²) in [7, 11) is 2.44. The summed E-state index contributed by atoms with van der Waals surface area (Å²) in [6.07, 6.45) is 20.3. The maximum absolute atomic E-state index is 12.9. The third kappa shape index (κ3) is 26.2. The van der Waals surface area contributed by atoms with Crippen LogP contribution in [0.4, 0.5) is 0 Å². The summed E-state index contributed by atoms with van der Waals surface area (Å²) in [5.74, 6) is -1.47. The fraction of sp³-hybridized carbons (Fsp3) is 0.553. The van der Waals surface area contributed by atoms with Crippen LogP contribution in [0.25, 0.3) is 0 Å². The lowest BCUT2D eigenvalue weighted by Gasteiger charge is -2.25. The summed E-state index contributed by atoms with van der Waals surface area (Å²) < 4.78 is 59.9. The van der Waals surface area contributed by atoms with Gasteiger partial charge >= 0.3 is 35.8 Å². The van der Waals surface area contributed by atoms with E-state index in [4.69, 9.17) is 47.4 Å². The quantitative estimate of drug-likeness (QED) is 0.0118. The van der Waals surface area contributed by atoms with E-state index in [0.717, 1.165) is 195 Å². The molecule has 16 heteroatoms. The van der Waals surface area contributed by atoms with E-state index >= 15 is 0 Å². The number of hydrogen-bond acceptors (Lipinski definition) is 16. The molecule has 0 N–H and O–H groups in total. The topological polar surface area (TPSA) is 195 Å². The standard InChI is InChI=1S/C76H104O16/c1-11-15-19-23-27-55-39-59-47-60-40-56(28-24-20-16-12-2)42-62(72(60)88-34-32-86-70(80)52-68(78)84-10)49-64-44-58(30-26-22-18-14-4)46-66(74(64)90-36-38-92-76(82)54(7)8)50-65-45-57(29-25-21-17-13-3)43-63(73(65)89-35-37-91-75(81)53(5)6)48-61(41-55)71(59)87-33-31-85-69(79)51-67(77)83-9/h39-46H,5,7,11-38,47-52H2,1-4,6,8-10H3. The molecule has 0 radical (unpaired) electrons. The molecule has 8 bridgehead atoms. The molecule has 92 heavy (non-hydrogen) atoms. The highest BCUT2D eigenvalue weighted by molar-refractivity contribution is 5.91. The van der Waals surface area contributed by atoms with E-state index in [1.807, 2.05) is 0 Å². The van der Waals surface area contributed by atoms with Gasteiger partial charge in [0.1, 0.15) is 88.7 Å². The fourth-order valence-electron chi connectivity index (χ4n) is 11.4. The normalized spacial score (nSPS) is 11.7. The van der Waals surface area contributed by atoms with E-state index in [1.54, 1.807) is 13.8 Å². The van der Waals surface area contributed by atoms with Crippen molar-refractivity contribution in [2.75, 3.05) is 67.1 Å². The van der Waals surface area contributed by atoms with Crippen molar-refractivity contribution in [3.05, 3.63) is 140 Å². The van der Waals surface area contributed by atoms with Gasteiger partial charge in [-0.05, 0) is 132 Å². The number of unbranched alkanes of at least 4 members (excludes halogenated alkanes) is 12. The van der Waals surface area contributed by atoms with Crippen LogP contribution in [0.2, 0.25) is 0 Å². The molecule has 4 aromatic rings. The summed E-state index contributed by atoms with van der Waals surface area (Å²) >= 11 is 0. The van der Waals surface area contributed by atoms with Gasteiger partial charge in [-0.15, -0.1) is 0 Å². The minimum atomic E-state index is -0.738. The molecule has 16 nitrogen and oxygen atoms in total. The largest absolute Gasteiger partial charge is 0.489 e. The van der Waals surface area contributed by atoms with Crippen molar-refractivity contribution in [1.82, 2.24) is 0 Å². The van der Waals surface area contributed by atoms with Gasteiger partial charge in [0, 0.05) is 36.8 Å². The zero-order chi connectivity index (χ0) is 66.6. The molecule has 0 amide bonds. The van der Waals surface area contributed by atoms with E-state index in [2.05, 4.69) is 89.4 Å². The van der Waals surface area contributed by atoms with Gasteiger partial charge in [0.2, 0.25) is 0 Å². The predicted octanol–water partition coefficient (Wildman–Crippen LogP) is 14.8. The Kier molecular flexibility index (Phi) is 34.1. The highest BCUT2D eigenvalue weighted by atomic mass is 16.6. The van der Waals surface area contributed by atoms with Crippen LogP contribution in [0.15, 0.2) is 72.8 Å². The Labute approximate surface area is 547 Å². The van der Waals surface area contributed by atoms with Gasteiger partial charge in [-0.2, -0.15) is 0 Å². The van der Waals surface area contributed by atoms with Crippen LogP contribution < -0.4 is 18.9 Å². The fourth-order valence-corrected chi connectivity index (χ4v) is 11.4. The maximum atomic E-state index is 12.9. The van der Waals surface area contributed by atoms with Crippen LogP contribution in [-0.4, -0.2) is 103 Å².